The molecule has 1 rings (SSSR count). The highest BCUT2D eigenvalue weighted by Crippen LogP contribution is 2.31. The van der Waals surface area contributed by atoms with Gasteiger partial charge in [-0.15, -0.1) is 0 Å². The van der Waals surface area contributed by atoms with E-state index in [0.29, 0.717) is 12.8 Å². The molecular formula is C9H15F3N2O. The van der Waals surface area contributed by atoms with E-state index in [9.17, 15) is 18.0 Å². The fourth-order valence-electron chi connectivity index (χ4n) is 1.63. The Morgan fingerprint density at radius 2 is 2.00 bits per heavy atom. The van der Waals surface area contributed by atoms with Crippen LogP contribution in [0.25, 0.3) is 0 Å². The van der Waals surface area contributed by atoms with Gasteiger partial charge in [-0.3, -0.25) is 4.79 Å². The van der Waals surface area contributed by atoms with Crippen molar-refractivity contribution in [3.05, 3.63) is 0 Å². The summed E-state index contributed by atoms with van der Waals surface area (Å²) in [5.41, 5.74) is 4.64. The summed E-state index contributed by atoms with van der Waals surface area (Å²) in [4.78, 5) is 12.4. The van der Waals surface area contributed by atoms with Gasteiger partial charge in [0.1, 0.15) is 6.54 Å². The molecule has 0 bridgehead atoms. The molecule has 1 saturated carbocycles. The number of alkyl halides is 3. The largest absolute Gasteiger partial charge is 0.406 e. The molecule has 88 valence electrons. The monoisotopic (exact) mass is 224 g/mol. The smallest absolute Gasteiger partial charge is 0.332 e. The standard InChI is InChI=1S/C9H15F3N2O/c1-2-14(6-9(10,11)12)7(15)8(13)4-3-5-8/h2-6,13H2,1H3. The average Bonchev–Trinajstić information content (AvgIpc) is 2.07. The summed E-state index contributed by atoms with van der Waals surface area (Å²) in [6.07, 6.45) is -2.57. The van der Waals surface area contributed by atoms with Gasteiger partial charge in [0.05, 0.1) is 5.54 Å². The molecule has 15 heavy (non-hydrogen) atoms. The predicted octanol–water partition coefficient (Wildman–Crippen LogP) is 1.28. The van der Waals surface area contributed by atoms with Gasteiger partial charge in [-0.25, -0.2) is 0 Å². The molecule has 0 aromatic carbocycles. The summed E-state index contributed by atoms with van der Waals surface area (Å²) >= 11 is 0. The topological polar surface area (TPSA) is 46.3 Å². The number of nitrogens with two attached hydrogens (primary N) is 1. The van der Waals surface area contributed by atoms with E-state index in [1.165, 1.54) is 6.92 Å². The lowest BCUT2D eigenvalue weighted by molar-refractivity contribution is -0.166. The van der Waals surface area contributed by atoms with Gasteiger partial charge in [0.25, 0.3) is 0 Å². The second-order valence-corrected chi connectivity index (χ2v) is 3.94. The first-order valence-electron chi connectivity index (χ1n) is 4.93. The summed E-state index contributed by atoms with van der Waals surface area (Å²) in [7, 11) is 0. The van der Waals surface area contributed by atoms with E-state index in [1.54, 1.807) is 0 Å². The second kappa shape index (κ2) is 4.00. The van der Waals surface area contributed by atoms with Crippen LogP contribution >= 0.6 is 0 Å². The van der Waals surface area contributed by atoms with Crippen molar-refractivity contribution in [3.8, 4) is 0 Å². The molecule has 0 unspecified atom stereocenters. The fraction of sp³-hybridized carbons (Fsp3) is 0.889. The Balaban J connectivity index is 2.62. The van der Waals surface area contributed by atoms with E-state index in [1.807, 2.05) is 0 Å². The lowest BCUT2D eigenvalue weighted by Gasteiger charge is -2.40. The Hall–Kier alpha value is -0.780. The Kier molecular flexibility index (Phi) is 3.28. The van der Waals surface area contributed by atoms with Crippen molar-refractivity contribution in [1.82, 2.24) is 4.90 Å². The molecule has 0 aliphatic heterocycles. The van der Waals surface area contributed by atoms with Crippen LogP contribution in [-0.2, 0) is 4.79 Å². The van der Waals surface area contributed by atoms with Gasteiger partial charge in [0, 0.05) is 6.54 Å². The molecule has 3 nitrogen and oxygen atoms in total. The molecule has 2 N–H and O–H groups in total. The minimum atomic E-state index is -4.36. The van der Waals surface area contributed by atoms with Crippen molar-refractivity contribution in [2.45, 2.75) is 37.9 Å². The van der Waals surface area contributed by atoms with Gasteiger partial charge in [0.2, 0.25) is 5.91 Å². The van der Waals surface area contributed by atoms with E-state index in [2.05, 4.69) is 0 Å². The predicted molar refractivity (Wildman–Crippen MR) is 49.1 cm³/mol. The number of halogens is 3. The van der Waals surface area contributed by atoms with Crippen molar-refractivity contribution in [3.63, 3.8) is 0 Å². The van der Waals surface area contributed by atoms with Crippen LogP contribution < -0.4 is 5.73 Å². The lowest BCUT2D eigenvalue weighted by atomic mass is 9.76. The minimum absolute atomic E-state index is 0.0390. The lowest BCUT2D eigenvalue weighted by Crippen LogP contribution is -2.60. The van der Waals surface area contributed by atoms with Crippen LogP contribution in [0.3, 0.4) is 0 Å². The maximum absolute atomic E-state index is 12.1. The van der Waals surface area contributed by atoms with E-state index in [-0.39, 0.29) is 6.54 Å². The van der Waals surface area contributed by atoms with Crippen LogP contribution in [0, 0.1) is 0 Å². The van der Waals surface area contributed by atoms with E-state index >= 15 is 0 Å². The maximum Gasteiger partial charge on any atom is 0.406 e. The Morgan fingerprint density at radius 3 is 2.27 bits per heavy atom. The minimum Gasteiger partial charge on any atom is -0.332 e. The van der Waals surface area contributed by atoms with Crippen molar-refractivity contribution < 1.29 is 18.0 Å². The Labute approximate surface area is 86.4 Å². The molecule has 6 heteroatoms. The quantitative estimate of drug-likeness (QED) is 0.784. The maximum atomic E-state index is 12.1. The molecule has 1 aliphatic carbocycles. The van der Waals surface area contributed by atoms with Gasteiger partial charge >= 0.3 is 6.18 Å². The van der Waals surface area contributed by atoms with Crippen LogP contribution in [0.5, 0.6) is 0 Å². The molecule has 0 spiro atoms. The molecule has 0 aromatic rings. The highest BCUT2D eigenvalue weighted by molar-refractivity contribution is 5.87. The summed E-state index contributed by atoms with van der Waals surface area (Å²) in [6, 6.07) is 0. The van der Waals surface area contributed by atoms with Crippen molar-refractivity contribution in [1.29, 1.82) is 0 Å². The summed E-state index contributed by atoms with van der Waals surface area (Å²) in [6.45, 7) is 0.351. The molecular weight excluding hydrogens is 209 g/mol. The summed E-state index contributed by atoms with van der Waals surface area (Å²) in [5.74, 6) is -0.575. The molecule has 0 aromatic heterocycles. The van der Waals surface area contributed by atoms with Crippen LogP contribution in [0.1, 0.15) is 26.2 Å². The number of hydrogen-bond donors (Lipinski definition) is 1. The Bertz CT molecular complexity index is 248. The number of nitrogens with zero attached hydrogens (tertiary/aromatic N) is 1. The normalized spacial score (nSPS) is 19.5. The van der Waals surface area contributed by atoms with Gasteiger partial charge in [-0.05, 0) is 26.2 Å². The summed E-state index contributed by atoms with van der Waals surface area (Å²) in [5, 5.41) is 0. The zero-order valence-corrected chi connectivity index (χ0v) is 8.60. The molecule has 0 saturated heterocycles. The average molecular weight is 224 g/mol. The molecule has 1 aliphatic rings. The van der Waals surface area contributed by atoms with Crippen molar-refractivity contribution >= 4 is 5.91 Å². The van der Waals surface area contributed by atoms with Gasteiger partial charge in [-0.1, -0.05) is 0 Å². The van der Waals surface area contributed by atoms with Gasteiger partial charge < -0.3 is 10.6 Å². The number of amides is 1. The van der Waals surface area contributed by atoms with Crippen LogP contribution in [0.4, 0.5) is 13.2 Å². The third-order valence-electron chi connectivity index (χ3n) is 2.71. The number of likely N-dealkylation sites (N-methyl/N-ethyl adjacent to an activating group) is 1. The zero-order chi connectivity index (χ0) is 11.7. The first-order valence-corrected chi connectivity index (χ1v) is 4.93. The number of hydrogen-bond acceptors (Lipinski definition) is 2. The summed E-state index contributed by atoms with van der Waals surface area (Å²) < 4.78 is 36.4. The first-order chi connectivity index (χ1) is 6.78. The molecule has 0 radical (unpaired) electrons. The second-order valence-electron chi connectivity index (χ2n) is 3.94. The SMILES string of the molecule is CCN(CC(F)(F)F)C(=O)C1(N)CCC1. The molecule has 0 heterocycles. The highest BCUT2D eigenvalue weighted by Gasteiger charge is 2.44. The third-order valence-corrected chi connectivity index (χ3v) is 2.71. The fourth-order valence-corrected chi connectivity index (χ4v) is 1.63. The van der Waals surface area contributed by atoms with Crippen LogP contribution in [-0.4, -0.2) is 35.6 Å². The molecule has 0 atom stereocenters. The highest BCUT2D eigenvalue weighted by atomic mass is 19.4. The number of carbonyl (C=O) groups is 1. The van der Waals surface area contributed by atoms with Crippen molar-refractivity contribution in [2.24, 2.45) is 5.73 Å². The van der Waals surface area contributed by atoms with E-state index in [0.717, 1.165) is 11.3 Å². The van der Waals surface area contributed by atoms with E-state index < -0.39 is 24.2 Å². The van der Waals surface area contributed by atoms with Gasteiger partial charge in [0.15, 0.2) is 0 Å². The number of rotatable bonds is 3. The number of carbonyl (C=O) groups excluding carboxylic acids is 1. The van der Waals surface area contributed by atoms with Crippen molar-refractivity contribution in [2.75, 3.05) is 13.1 Å². The first kappa shape index (κ1) is 12.3. The Morgan fingerprint density at radius 1 is 1.47 bits per heavy atom. The third kappa shape index (κ3) is 2.84. The zero-order valence-electron chi connectivity index (χ0n) is 8.60. The van der Waals surface area contributed by atoms with E-state index in [4.69, 9.17) is 5.73 Å². The molecule has 1 amide bonds. The van der Waals surface area contributed by atoms with Gasteiger partial charge in [-0.2, -0.15) is 13.2 Å². The van der Waals surface area contributed by atoms with Crippen LogP contribution in [0.15, 0.2) is 0 Å². The van der Waals surface area contributed by atoms with Crippen LogP contribution in [0.2, 0.25) is 0 Å². The molecule has 1 fully saturated rings.